The Balaban J connectivity index is 1.82. The number of rotatable bonds is 8. The van der Waals surface area contributed by atoms with Crippen LogP contribution in [-0.4, -0.2) is 33.2 Å². The Hall–Kier alpha value is -3.26. The lowest BCUT2D eigenvalue weighted by Gasteiger charge is -2.11. The Kier molecular flexibility index (Phi) is 5.89. The maximum Gasteiger partial charge on any atom is 0.233 e. The van der Waals surface area contributed by atoms with E-state index in [4.69, 9.17) is 5.11 Å². The van der Waals surface area contributed by atoms with Gasteiger partial charge in [0.05, 0.1) is 0 Å². The second-order valence-corrected chi connectivity index (χ2v) is 5.43. The van der Waals surface area contributed by atoms with E-state index in [9.17, 15) is 4.39 Å². The van der Waals surface area contributed by atoms with Crippen molar-refractivity contribution in [3.05, 3.63) is 60.4 Å². The molecule has 134 valence electrons. The van der Waals surface area contributed by atoms with Crippen LogP contribution in [0.4, 0.5) is 33.6 Å². The molecule has 0 saturated heterocycles. The summed E-state index contributed by atoms with van der Waals surface area (Å²) in [5, 5.41) is 18.1. The maximum absolute atomic E-state index is 13.1. The van der Waals surface area contributed by atoms with E-state index in [1.54, 1.807) is 12.1 Å². The number of hydrogen-bond acceptors (Lipinski definition) is 7. The minimum absolute atomic E-state index is 0.0773. The van der Waals surface area contributed by atoms with Gasteiger partial charge in [-0.15, -0.1) is 0 Å². The molecule has 0 fully saturated rings. The third-order valence-electron chi connectivity index (χ3n) is 3.38. The van der Waals surface area contributed by atoms with Gasteiger partial charge in [-0.25, -0.2) is 4.39 Å². The fourth-order valence-electron chi connectivity index (χ4n) is 2.16. The number of aliphatic hydroxyl groups is 1. The Labute approximate surface area is 150 Å². The quantitative estimate of drug-likeness (QED) is 0.461. The second kappa shape index (κ2) is 8.72. The fraction of sp³-hybridized carbons (Fsp3) is 0.167. The van der Waals surface area contributed by atoms with Crippen LogP contribution in [0, 0.1) is 5.82 Å². The van der Waals surface area contributed by atoms with Gasteiger partial charge in [-0.3, -0.25) is 0 Å². The summed E-state index contributed by atoms with van der Waals surface area (Å²) in [6.07, 6.45) is 0.577. The van der Waals surface area contributed by atoms with Crippen molar-refractivity contribution in [3.8, 4) is 0 Å². The molecular formula is C18H19FN6O. The summed E-state index contributed by atoms with van der Waals surface area (Å²) in [5.41, 5.74) is 1.50. The third-order valence-corrected chi connectivity index (χ3v) is 3.38. The summed E-state index contributed by atoms with van der Waals surface area (Å²) in [6.45, 7) is 0.606. The lowest BCUT2D eigenvalue weighted by molar-refractivity contribution is 0.292. The van der Waals surface area contributed by atoms with Gasteiger partial charge in [0, 0.05) is 24.5 Å². The van der Waals surface area contributed by atoms with Gasteiger partial charge in [-0.05, 0) is 42.8 Å². The van der Waals surface area contributed by atoms with Crippen LogP contribution in [0.5, 0.6) is 0 Å². The van der Waals surface area contributed by atoms with Gasteiger partial charge in [-0.2, -0.15) is 15.0 Å². The average molecular weight is 354 g/mol. The highest BCUT2D eigenvalue weighted by Gasteiger charge is 2.07. The first-order valence-electron chi connectivity index (χ1n) is 8.18. The van der Waals surface area contributed by atoms with Crippen LogP contribution in [0.15, 0.2) is 54.6 Å². The summed E-state index contributed by atoms with van der Waals surface area (Å²) in [6, 6.07) is 15.4. The minimum Gasteiger partial charge on any atom is -0.396 e. The summed E-state index contributed by atoms with van der Waals surface area (Å²) in [7, 11) is 0. The van der Waals surface area contributed by atoms with E-state index in [0.717, 1.165) is 5.69 Å². The molecule has 0 aliphatic rings. The number of para-hydroxylation sites is 1. The lowest BCUT2D eigenvalue weighted by Crippen LogP contribution is -2.11. The molecule has 0 aliphatic heterocycles. The van der Waals surface area contributed by atoms with Gasteiger partial charge in [0.15, 0.2) is 0 Å². The first-order valence-corrected chi connectivity index (χ1v) is 8.18. The van der Waals surface area contributed by atoms with Crippen molar-refractivity contribution in [2.24, 2.45) is 0 Å². The van der Waals surface area contributed by atoms with Crippen LogP contribution in [0.1, 0.15) is 6.42 Å². The molecule has 0 atom stereocenters. The van der Waals surface area contributed by atoms with Crippen molar-refractivity contribution in [3.63, 3.8) is 0 Å². The van der Waals surface area contributed by atoms with E-state index in [-0.39, 0.29) is 12.4 Å². The highest BCUT2D eigenvalue weighted by molar-refractivity contribution is 5.59. The number of anilines is 5. The zero-order valence-electron chi connectivity index (χ0n) is 14.0. The monoisotopic (exact) mass is 354 g/mol. The van der Waals surface area contributed by atoms with E-state index >= 15 is 0 Å². The lowest BCUT2D eigenvalue weighted by atomic mass is 10.3. The van der Waals surface area contributed by atoms with E-state index in [2.05, 4.69) is 30.9 Å². The molecule has 0 radical (unpaired) electrons. The molecule has 0 spiro atoms. The minimum atomic E-state index is -0.316. The summed E-state index contributed by atoms with van der Waals surface area (Å²) in [4.78, 5) is 13.0. The van der Waals surface area contributed by atoms with Crippen molar-refractivity contribution in [2.45, 2.75) is 6.42 Å². The Bertz CT molecular complexity index is 829. The number of halogens is 1. The fourth-order valence-corrected chi connectivity index (χ4v) is 2.16. The molecule has 7 nitrogen and oxygen atoms in total. The first kappa shape index (κ1) is 17.6. The van der Waals surface area contributed by atoms with Crippen molar-refractivity contribution in [2.75, 3.05) is 29.1 Å². The Morgan fingerprint density at radius 2 is 1.35 bits per heavy atom. The predicted octanol–water partition coefficient (Wildman–Crippen LogP) is 3.29. The largest absolute Gasteiger partial charge is 0.396 e. The van der Waals surface area contributed by atoms with E-state index in [1.807, 2.05) is 30.3 Å². The van der Waals surface area contributed by atoms with Crippen molar-refractivity contribution >= 4 is 29.2 Å². The molecule has 2 aromatic carbocycles. The molecule has 3 aromatic rings. The van der Waals surface area contributed by atoms with Gasteiger partial charge in [-0.1, -0.05) is 18.2 Å². The van der Waals surface area contributed by atoms with Gasteiger partial charge in [0.25, 0.3) is 0 Å². The highest BCUT2D eigenvalue weighted by Crippen LogP contribution is 2.18. The summed E-state index contributed by atoms with van der Waals surface area (Å²) in [5.74, 6) is 0.735. The molecule has 0 unspecified atom stereocenters. The zero-order valence-corrected chi connectivity index (χ0v) is 14.0. The van der Waals surface area contributed by atoms with Crippen LogP contribution in [0.25, 0.3) is 0 Å². The third kappa shape index (κ3) is 5.12. The number of aromatic nitrogens is 3. The molecule has 0 aliphatic carbocycles. The standard InChI is InChI=1S/C18H19FN6O/c19-13-7-9-15(10-8-13)22-18-24-16(20-11-4-12-26)23-17(25-18)21-14-5-2-1-3-6-14/h1-3,5-10,26H,4,11-12H2,(H3,20,21,22,23,24,25). The molecule has 1 heterocycles. The van der Waals surface area contributed by atoms with Crippen LogP contribution in [-0.2, 0) is 0 Å². The Morgan fingerprint density at radius 3 is 1.96 bits per heavy atom. The molecule has 0 saturated carbocycles. The first-order chi connectivity index (χ1) is 12.7. The SMILES string of the molecule is OCCCNc1nc(Nc2ccccc2)nc(Nc2ccc(F)cc2)n1. The van der Waals surface area contributed by atoms with E-state index < -0.39 is 0 Å². The van der Waals surface area contributed by atoms with Gasteiger partial charge >= 0.3 is 0 Å². The van der Waals surface area contributed by atoms with Crippen LogP contribution in [0.2, 0.25) is 0 Å². The van der Waals surface area contributed by atoms with Gasteiger partial charge < -0.3 is 21.1 Å². The summed E-state index contributed by atoms with van der Waals surface area (Å²) < 4.78 is 13.1. The number of hydrogen-bond donors (Lipinski definition) is 4. The maximum atomic E-state index is 13.1. The molecular weight excluding hydrogens is 335 g/mol. The van der Waals surface area contributed by atoms with Crippen LogP contribution < -0.4 is 16.0 Å². The Morgan fingerprint density at radius 1 is 0.769 bits per heavy atom. The van der Waals surface area contributed by atoms with Crippen molar-refractivity contribution in [1.29, 1.82) is 0 Å². The molecule has 26 heavy (non-hydrogen) atoms. The smallest absolute Gasteiger partial charge is 0.233 e. The van der Waals surface area contributed by atoms with Crippen molar-refractivity contribution < 1.29 is 9.50 Å². The van der Waals surface area contributed by atoms with Gasteiger partial charge in [0.1, 0.15) is 5.82 Å². The number of benzene rings is 2. The predicted molar refractivity (Wildman–Crippen MR) is 99.4 cm³/mol. The topological polar surface area (TPSA) is 95.0 Å². The molecule has 4 N–H and O–H groups in total. The number of aliphatic hydroxyl groups excluding tert-OH is 1. The zero-order chi connectivity index (χ0) is 18.2. The molecule has 1 aromatic heterocycles. The highest BCUT2D eigenvalue weighted by atomic mass is 19.1. The molecule has 0 amide bonds. The van der Waals surface area contributed by atoms with Crippen molar-refractivity contribution in [1.82, 2.24) is 15.0 Å². The number of nitrogens with zero attached hydrogens (tertiary/aromatic N) is 3. The van der Waals surface area contributed by atoms with E-state index in [1.165, 1.54) is 12.1 Å². The van der Waals surface area contributed by atoms with Crippen LogP contribution in [0.3, 0.4) is 0 Å². The molecule has 3 rings (SSSR count). The molecule has 0 bridgehead atoms. The molecule has 8 heteroatoms. The summed E-state index contributed by atoms with van der Waals surface area (Å²) >= 11 is 0. The number of nitrogens with one attached hydrogen (secondary N) is 3. The van der Waals surface area contributed by atoms with Gasteiger partial charge in [0.2, 0.25) is 17.8 Å². The normalized spacial score (nSPS) is 10.4. The second-order valence-electron chi connectivity index (χ2n) is 5.43. The van der Waals surface area contributed by atoms with E-state index in [0.29, 0.717) is 36.5 Å². The average Bonchev–Trinajstić information content (AvgIpc) is 2.65. The van der Waals surface area contributed by atoms with Crippen LogP contribution >= 0.6 is 0 Å².